The predicted octanol–water partition coefficient (Wildman–Crippen LogP) is 3.76. The Kier molecular flexibility index (Phi) is 3.49. The zero-order valence-electron chi connectivity index (χ0n) is 11.3. The van der Waals surface area contributed by atoms with Crippen LogP contribution in [0.15, 0.2) is 46.9 Å². The fourth-order valence-corrected chi connectivity index (χ4v) is 2.48. The maximum Gasteiger partial charge on any atom is 0.142 e. The number of hydrogen-bond donors (Lipinski definition) is 2. The first-order valence-corrected chi connectivity index (χ1v) is 6.77. The van der Waals surface area contributed by atoms with Crippen molar-refractivity contribution in [1.82, 2.24) is 0 Å². The van der Waals surface area contributed by atoms with E-state index in [9.17, 15) is 5.11 Å². The minimum Gasteiger partial charge on any atom is -0.495 e. The number of hydrogen-bond acceptors (Lipinski definition) is 4. The molecule has 0 spiro atoms. The SMILES string of the molecule is COc1cccc(C(O)c2cc3cc(Cl)ccc3o2)c1N. The number of methoxy groups -OCH3 is 1. The fourth-order valence-electron chi connectivity index (χ4n) is 2.30. The first-order valence-electron chi connectivity index (χ1n) is 6.39. The highest BCUT2D eigenvalue weighted by molar-refractivity contribution is 6.31. The Labute approximate surface area is 126 Å². The maximum atomic E-state index is 10.5. The number of aliphatic hydroxyl groups is 1. The van der Waals surface area contributed by atoms with Gasteiger partial charge in [-0.2, -0.15) is 0 Å². The van der Waals surface area contributed by atoms with Crippen molar-refractivity contribution in [3.63, 3.8) is 0 Å². The Bertz CT molecular complexity index is 797. The lowest BCUT2D eigenvalue weighted by atomic mass is 10.0. The summed E-state index contributed by atoms with van der Waals surface area (Å²) in [5.74, 6) is 0.929. The molecule has 0 radical (unpaired) electrons. The molecule has 0 aliphatic carbocycles. The number of furan rings is 1. The van der Waals surface area contributed by atoms with Gasteiger partial charge in [0.2, 0.25) is 0 Å². The van der Waals surface area contributed by atoms with E-state index in [0.29, 0.717) is 33.4 Å². The molecule has 3 N–H and O–H groups in total. The molecule has 1 aromatic heterocycles. The molecule has 0 saturated carbocycles. The highest BCUT2D eigenvalue weighted by Gasteiger charge is 2.19. The lowest BCUT2D eigenvalue weighted by Crippen LogP contribution is -2.04. The standard InChI is InChI=1S/C16H14ClNO3/c1-20-13-4-2-3-11(15(13)18)16(19)14-8-9-7-10(17)5-6-12(9)21-14/h2-8,16,19H,18H2,1H3. The summed E-state index contributed by atoms with van der Waals surface area (Å²) >= 11 is 5.95. The Hall–Kier alpha value is -2.17. The van der Waals surface area contributed by atoms with Gasteiger partial charge >= 0.3 is 0 Å². The highest BCUT2D eigenvalue weighted by atomic mass is 35.5. The number of fused-ring (bicyclic) bond motifs is 1. The zero-order valence-corrected chi connectivity index (χ0v) is 12.1. The van der Waals surface area contributed by atoms with Crippen LogP contribution in [-0.2, 0) is 0 Å². The number of ether oxygens (including phenoxy) is 1. The Morgan fingerprint density at radius 2 is 2.05 bits per heavy atom. The summed E-state index contributed by atoms with van der Waals surface area (Å²) in [5, 5.41) is 11.9. The first kappa shape index (κ1) is 13.8. The summed E-state index contributed by atoms with van der Waals surface area (Å²) < 4.78 is 10.8. The molecule has 1 atom stereocenters. The summed E-state index contributed by atoms with van der Waals surface area (Å²) in [6.07, 6.45) is -0.966. The molecule has 0 amide bonds. The van der Waals surface area contributed by atoms with Crippen LogP contribution in [0.5, 0.6) is 5.75 Å². The molecule has 0 aliphatic heterocycles. The zero-order chi connectivity index (χ0) is 15.0. The van der Waals surface area contributed by atoms with Crippen LogP contribution in [0.4, 0.5) is 5.69 Å². The van der Waals surface area contributed by atoms with Crippen molar-refractivity contribution >= 4 is 28.3 Å². The van der Waals surface area contributed by atoms with Crippen LogP contribution in [0.2, 0.25) is 5.02 Å². The van der Waals surface area contributed by atoms with Gasteiger partial charge in [-0.25, -0.2) is 0 Å². The lowest BCUT2D eigenvalue weighted by molar-refractivity contribution is 0.192. The lowest BCUT2D eigenvalue weighted by Gasteiger charge is -2.13. The van der Waals surface area contributed by atoms with E-state index in [1.165, 1.54) is 7.11 Å². The molecule has 4 nitrogen and oxygen atoms in total. The van der Waals surface area contributed by atoms with E-state index in [2.05, 4.69) is 0 Å². The van der Waals surface area contributed by atoms with E-state index >= 15 is 0 Å². The van der Waals surface area contributed by atoms with E-state index in [1.54, 1.807) is 42.5 Å². The van der Waals surface area contributed by atoms with E-state index in [0.717, 1.165) is 5.39 Å². The Balaban J connectivity index is 2.06. The van der Waals surface area contributed by atoms with E-state index in [1.807, 2.05) is 0 Å². The third-order valence-corrected chi connectivity index (χ3v) is 3.62. The number of anilines is 1. The normalized spacial score (nSPS) is 12.5. The Morgan fingerprint density at radius 3 is 2.81 bits per heavy atom. The average molecular weight is 304 g/mol. The van der Waals surface area contributed by atoms with Crippen molar-refractivity contribution in [2.75, 3.05) is 12.8 Å². The highest BCUT2D eigenvalue weighted by Crippen LogP contribution is 2.35. The summed E-state index contributed by atoms with van der Waals surface area (Å²) in [6.45, 7) is 0. The number of nitrogens with two attached hydrogens (primary N) is 1. The second-order valence-corrected chi connectivity index (χ2v) is 5.13. The molecule has 3 aromatic rings. The maximum absolute atomic E-state index is 10.5. The van der Waals surface area contributed by atoms with Crippen LogP contribution in [0.3, 0.4) is 0 Å². The molecule has 0 bridgehead atoms. The molecular formula is C16H14ClNO3. The van der Waals surface area contributed by atoms with Crippen LogP contribution < -0.4 is 10.5 Å². The van der Waals surface area contributed by atoms with Gasteiger partial charge in [-0.15, -0.1) is 0 Å². The van der Waals surface area contributed by atoms with E-state index < -0.39 is 6.10 Å². The van der Waals surface area contributed by atoms with Crippen molar-refractivity contribution in [3.8, 4) is 5.75 Å². The van der Waals surface area contributed by atoms with Crippen LogP contribution in [0.25, 0.3) is 11.0 Å². The minimum absolute atomic E-state index is 0.394. The summed E-state index contributed by atoms with van der Waals surface area (Å²) in [6, 6.07) is 12.3. The smallest absolute Gasteiger partial charge is 0.142 e. The third-order valence-electron chi connectivity index (χ3n) is 3.38. The Morgan fingerprint density at radius 1 is 1.24 bits per heavy atom. The van der Waals surface area contributed by atoms with Crippen molar-refractivity contribution in [2.24, 2.45) is 0 Å². The quantitative estimate of drug-likeness (QED) is 0.723. The number of aliphatic hydroxyl groups excluding tert-OH is 1. The van der Waals surface area contributed by atoms with Gasteiger partial charge in [-0.3, -0.25) is 0 Å². The van der Waals surface area contributed by atoms with Gasteiger partial charge in [0.25, 0.3) is 0 Å². The second-order valence-electron chi connectivity index (χ2n) is 4.70. The number of benzene rings is 2. The van der Waals surface area contributed by atoms with Gasteiger partial charge in [0.15, 0.2) is 0 Å². The van der Waals surface area contributed by atoms with Gasteiger partial charge in [0, 0.05) is 16.0 Å². The number of halogens is 1. The molecule has 0 saturated heterocycles. The van der Waals surface area contributed by atoms with Crippen molar-refractivity contribution in [2.45, 2.75) is 6.10 Å². The second kappa shape index (κ2) is 5.31. The number of para-hydroxylation sites is 1. The largest absolute Gasteiger partial charge is 0.495 e. The van der Waals surface area contributed by atoms with Crippen LogP contribution >= 0.6 is 11.6 Å². The molecule has 21 heavy (non-hydrogen) atoms. The van der Waals surface area contributed by atoms with Crippen LogP contribution in [0, 0.1) is 0 Å². The minimum atomic E-state index is -0.966. The first-order chi connectivity index (χ1) is 10.1. The van der Waals surface area contributed by atoms with Gasteiger partial charge in [-0.05, 0) is 30.3 Å². The van der Waals surface area contributed by atoms with E-state index in [4.69, 9.17) is 26.5 Å². The monoisotopic (exact) mass is 303 g/mol. The van der Waals surface area contributed by atoms with Gasteiger partial charge in [-0.1, -0.05) is 23.7 Å². The van der Waals surface area contributed by atoms with Crippen LogP contribution in [-0.4, -0.2) is 12.2 Å². The van der Waals surface area contributed by atoms with Crippen LogP contribution in [0.1, 0.15) is 17.4 Å². The van der Waals surface area contributed by atoms with Crippen molar-refractivity contribution < 1.29 is 14.3 Å². The predicted molar refractivity (Wildman–Crippen MR) is 82.7 cm³/mol. The average Bonchev–Trinajstić information content (AvgIpc) is 2.89. The molecule has 3 rings (SSSR count). The molecule has 2 aromatic carbocycles. The number of nitrogen functional groups attached to an aromatic ring is 1. The van der Waals surface area contributed by atoms with Crippen molar-refractivity contribution in [3.05, 3.63) is 58.8 Å². The molecule has 1 heterocycles. The fraction of sp³-hybridized carbons (Fsp3) is 0.125. The molecule has 0 aliphatic rings. The molecule has 1 unspecified atom stereocenters. The molecule has 0 fully saturated rings. The number of rotatable bonds is 3. The summed E-state index contributed by atoms with van der Waals surface area (Å²) in [4.78, 5) is 0. The molecular weight excluding hydrogens is 290 g/mol. The van der Waals surface area contributed by atoms with E-state index in [-0.39, 0.29) is 0 Å². The topological polar surface area (TPSA) is 68.6 Å². The summed E-state index contributed by atoms with van der Waals surface area (Å²) in [5.41, 5.74) is 7.60. The van der Waals surface area contributed by atoms with Gasteiger partial charge in [0.1, 0.15) is 23.2 Å². The van der Waals surface area contributed by atoms with Crippen molar-refractivity contribution in [1.29, 1.82) is 0 Å². The van der Waals surface area contributed by atoms with Gasteiger partial charge in [0.05, 0.1) is 12.8 Å². The summed E-state index contributed by atoms with van der Waals surface area (Å²) in [7, 11) is 1.53. The molecule has 5 heteroatoms. The molecule has 108 valence electrons. The third kappa shape index (κ3) is 2.44. The van der Waals surface area contributed by atoms with Gasteiger partial charge < -0.3 is 20.0 Å².